The molecule has 0 saturated heterocycles. The molecule has 1 aromatic heterocycles. The Bertz CT molecular complexity index is 826. The van der Waals surface area contributed by atoms with Gasteiger partial charge in [0.1, 0.15) is 12.4 Å². The maximum absolute atomic E-state index is 12.9. The highest BCUT2D eigenvalue weighted by Crippen LogP contribution is 2.38. The topological polar surface area (TPSA) is 64.8 Å². The van der Waals surface area contributed by atoms with Crippen molar-refractivity contribution in [1.82, 2.24) is 9.88 Å². The number of ether oxygens (including phenoxy) is 2. The van der Waals surface area contributed by atoms with E-state index >= 15 is 0 Å². The second kappa shape index (κ2) is 8.35. The number of benzene rings is 1. The first-order valence-electron chi connectivity index (χ1n) is 10.1. The van der Waals surface area contributed by atoms with Crippen LogP contribution in [0.15, 0.2) is 29.0 Å². The molecule has 0 spiro atoms. The first-order chi connectivity index (χ1) is 13.7. The van der Waals surface area contributed by atoms with Crippen molar-refractivity contribution in [2.45, 2.75) is 51.7 Å². The molecule has 4 rings (SSSR count). The van der Waals surface area contributed by atoms with E-state index in [-0.39, 0.29) is 12.0 Å². The molecular weight excluding hydrogens is 356 g/mol. The smallest absolute Gasteiger partial charge is 0.291 e. The molecule has 1 fully saturated rings. The number of carbonyl (C=O) groups is 1. The quantitative estimate of drug-likeness (QED) is 0.787. The molecule has 150 valence electrons. The van der Waals surface area contributed by atoms with Crippen LogP contribution >= 0.6 is 0 Å². The third-order valence-corrected chi connectivity index (χ3v) is 5.95. The van der Waals surface area contributed by atoms with E-state index < -0.39 is 0 Å². The highest BCUT2D eigenvalue weighted by molar-refractivity contribution is 5.92. The van der Waals surface area contributed by atoms with Crippen molar-refractivity contribution >= 4 is 5.91 Å². The summed E-state index contributed by atoms with van der Waals surface area (Å²) in [5.41, 5.74) is 2.79. The summed E-state index contributed by atoms with van der Waals surface area (Å²) in [4.78, 5) is 18.7. The summed E-state index contributed by atoms with van der Waals surface area (Å²) in [5.74, 6) is 1.55. The molecule has 1 atom stereocenters. The largest absolute Gasteiger partial charge is 0.491 e. The normalized spacial score (nSPS) is 18.9. The number of aryl methyl sites for hydroxylation is 1. The van der Waals surface area contributed by atoms with Gasteiger partial charge in [-0.15, -0.1) is 0 Å². The molecule has 1 amide bonds. The van der Waals surface area contributed by atoms with Crippen LogP contribution in [-0.2, 0) is 11.3 Å². The minimum Gasteiger partial charge on any atom is -0.491 e. The molecule has 1 saturated carbocycles. The highest BCUT2D eigenvalue weighted by atomic mass is 16.5. The standard InChI is InChI=1S/C22H28N2O4/c1-15-20(28-14-23-15)22(25)24-10-11-27-19-9-8-17(12-18(19)13-24)21(26-2)16-6-4-3-5-7-16/h8-9,12,14,16,21H,3-7,10-11,13H2,1-2H3. The number of oxazole rings is 1. The van der Waals surface area contributed by atoms with Crippen LogP contribution in [0.5, 0.6) is 5.75 Å². The number of methoxy groups -OCH3 is 1. The van der Waals surface area contributed by atoms with Crippen LogP contribution in [0.1, 0.15) is 65.6 Å². The third kappa shape index (κ3) is 3.78. The van der Waals surface area contributed by atoms with E-state index in [2.05, 4.69) is 17.1 Å². The second-order valence-electron chi connectivity index (χ2n) is 7.76. The Hall–Kier alpha value is -2.34. The van der Waals surface area contributed by atoms with Gasteiger partial charge in [-0.2, -0.15) is 0 Å². The van der Waals surface area contributed by atoms with E-state index in [1.807, 2.05) is 6.07 Å². The average molecular weight is 384 g/mol. The first-order valence-corrected chi connectivity index (χ1v) is 10.1. The number of amides is 1. The molecule has 2 aromatic rings. The molecule has 2 aliphatic rings. The van der Waals surface area contributed by atoms with Gasteiger partial charge in [0.05, 0.1) is 18.3 Å². The molecule has 28 heavy (non-hydrogen) atoms. The summed E-state index contributed by atoms with van der Waals surface area (Å²) < 4.78 is 17.1. The van der Waals surface area contributed by atoms with Crippen molar-refractivity contribution in [3.05, 3.63) is 47.2 Å². The fourth-order valence-corrected chi connectivity index (χ4v) is 4.45. The molecule has 0 radical (unpaired) electrons. The van der Waals surface area contributed by atoms with Gasteiger partial charge in [-0.25, -0.2) is 4.98 Å². The number of carbonyl (C=O) groups excluding carboxylic acids is 1. The molecule has 0 N–H and O–H groups in total. The van der Waals surface area contributed by atoms with Crippen LogP contribution in [-0.4, -0.2) is 36.1 Å². The zero-order valence-electron chi connectivity index (χ0n) is 16.6. The summed E-state index contributed by atoms with van der Waals surface area (Å²) in [6.07, 6.45) is 7.70. The van der Waals surface area contributed by atoms with Crippen molar-refractivity contribution < 1.29 is 18.7 Å². The Morgan fingerprint density at radius 1 is 1.29 bits per heavy atom. The monoisotopic (exact) mass is 384 g/mol. The fourth-order valence-electron chi connectivity index (χ4n) is 4.45. The number of hydrogen-bond acceptors (Lipinski definition) is 5. The molecule has 0 bridgehead atoms. The van der Waals surface area contributed by atoms with Gasteiger partial charge in [-0.1, -0.05) is 25.3 Å². The summed E-state index contributed by atoms with van der Waals surface area (Å²) >= 11 is 0. The molecule has 1 unspecified atom stereocenters. The van der Waals surface area contributed by atoms with Gasteiger partial charge in [0.15, 0.2) is 6.39 Å². The zero-order valence-corrected chi connectivity index (χ0v) is 16.6. The molecule has 2 heterocycles. The van der Waals surface area contributed by atoms with E-state index in [1.165, 1.54) is 44.1 Å². The van der Waals surface area contributed by atoms with Gasteiger partial charge in [-0.3, -0.25) is 4.79 Å². The second-order valence-corrected chi connectivity index (χ2v) is 7.76. The lowest BCUT2D eigenvalue weighted by Crippen LogP contribution is -2.32. The van der Waals surface area contributed by atoms with Gasteiger partial charge >= 0.3 is 0 Å². The Morgan fingerprint density at radius 2 is 2.11 bits per heavy atom. The summed E-state index contributed by atoms with van der Waals surface area (Å²) in [6, 6.07) is 6.28. The van der Waals surface area contributed by atoms with Crippen molar-refractivity contribution in [2.24, 2.45) is 5.92 Å². The molecule has 6 nitrogen and oxygen atoms in total. The molecular formula is C22H28N2O4. The van der Waals surface area contributed by atoms with E-state index in [0.717, 1.165) is 11.3 Å². The van der Waals surface area contributed by atoms with E-state index in [4.69, 9.17) is 13.9 Å². The van der Waals surface area contributed by atoms with E-state index in [9.17, 15) is 4.79 Å². The minimum absolute atomic E-state index is 0.0922. The minimum atomic E-state index is -0.146. The van der Waals surface area contributed by atoms with Gasteiger partial charge in [0.25, 0.3) is 5.91 Å². The number of hydrogen-bond donors (Lipinski definition) is 0. The Kier molecular flexibility index (Phi) is 5.67. The van der Waals surface area contributed by atoms with Crippen LogP contribution in [0.2, 0.25) is 0 Å². The van der Waals surface area contributed by atoms with Gasteiger partial charge in [0.2, 0.25) is 5.76 Å². The van der Waals surface area contributed by atoms with Crippen LogP contribution < -0.4 is 4.74 Å². The summed E-state index contributed by atoms with van der Waals surface area (Å²) in [6.45, 7) is 3.24. The van der Waals surface area contributed by atoms with Gasteiger partial charge < -0.3 is 18.8 Å². The van der Waals surface area contributed by atoms with Crippen LogP contribution in [0.25, 0.3) is 0 Å². The average Bonchev–Trinajstić information content (AvgIpc) is 3.03. The maximum Gasteiger partial charge on any atom is 0.291 e. The van der Waals surface area contributed by atoms with E-state index in [0.29, 0.717) is 37.1 Å². The van der Waals surface area contributed by atoms with Gasteiger partial charge in [-0.05, 0) is 43.4 Å². The number of rotatable bonds is 4. The molecule has 6 heteroatoms. The van der Waals surface area contributed by atoms with Crippen LogP contribution in [0, 0.1) is 12.8 Å². The van der Waals surface area contributed by atoms with Crippen molar-refractivity contribution in [3.8, 4) is 5.75 Å². The Balaban J connectivity index is 1.58. The molecule has 1 aromatic carbocycles. The van der Waals surface area contributed by atoms with Gasteiger partial charge in [0, 0.05) is 19.2 Å². The SMILES string of the molecule is COC(c1ccc2c(c1)CN(C(=O)c1ocnc1C)CCO2)C1CCCCC1. The number of aromatic nitrogens is 1. The van der Waals surface area contributed by atoms with Crippen molar-refractivity contribution in [2.75, 3.05) is 20.3 Å². The lowest BCUT2D eigenvalue weighted by molar-refractivity contribution is 0.0353. The lowest BCUT2D eigenvalue weighted by Gasteiger charge is -2.30. The lowest BCUT2D eigenvalue weighted by atomic mass is 9.82. The number of nitrogens with zero attached hydrogens (tertiary/aromatic N) is 2. The number of fused-ring (bicyclic) bond motifs is 1. The van der Waals surface area contributed by atoms with Crippen molar-refractivity contribution in [3.63, 3.8) is 0 Å². The summed E-state index contributed by atoms with van der Waals surface area (Å²) in [5, 5.41) is 0. The van der Waals surface area contributed by atoms with Crippen LogP contribution in [0.3, 0.4) is 0 Å². The van der Waals surface area contributed by atoms with Crippen molar-refractivity contribution in [1.29, 1.82) is 0 Å². The van der Waals surface area contributed by atoms with Crippen LogP contribution in [0.4, 0.5) is 0 Å². The predicted octanol–water partition coefficient (Wildman–Crippen LogP) is 4.29. The van der Waals surface area contributed by atoms with E-state index in [1.54, 1.807) is 18.9 Å². The fraction of sp³-hybridized carbons (Fsp3) is 0.545. The molecule has 1 aliphatic carbocycles. The summed E-state index contributed by atoms with van der Waals surface area (Å²) in [7, 11) is 1.80. The zero-order chi connectivity index (χ0) is 19.5. The first kappa shape index (κ1) is 19.0. The predicted molar refractivity (Wildman–Crippen MR) is 104 cm³/mol. The molecule has 1 aliphatic heterocycles. The Labute approximate surface area is 165 Å². The third-order valence-electron chi connectivity index (χ3n) is 5.95. The highest BCUT2D eigenvalue weighted by Gasteiger charge is 2.28. The maximum atomic E-state index is 12.9. The Morgan fingerprint density at radius 3 is 2.82 bits per heavy atom.